The van der Waals surface area contributed by atoms with Gasteiger partial charge in [-0.25, -0.2) is 4.39 Å². The second-order valence-corrected chi connectivity index (χ2v) is 7.69. The van der Waals surface area contributed by atoms with E-state index in [0.717, 1.165) is 70.0 Å². The molecule has 0 spiro atoms. The van der Waals surface area contributed by atoms with Crippen LogP contribution in [0.2, 0.25) is 0 Å². The standard InChI is InChI=1S/C21H27FN4O2/c1-24-20(17-2-4-18(22)5-3-17)14-19(23-24)21(27)26-8-6-16(7-9-26)15-25-10-12-28-13-11-25/h2-5,14,16H,6-13,15H2,1H3. The summed E-state index contributed by atoms with van der Waals surface area (Å²) < 4.78 is 20.3. The Balaban J connectivity index is 1.36. The highest BCUT2D eigenvalue weighted by Gasteiger charge is 2.27. The molecule has 7 heteroatoms. The van der Waals surface area contributed by atoms with Crippen LogP contribution in [0.15, 0.2) is 30.3 Å². The molecule has 0 saturated carbocycles. The van der Waals surface area contributed by atoms with Crippen molar-refractivity contribution in [2.75, 3.05) is 45.9 Å². The first kappa shape index (κ1) is 19.1. The van der Waals surface area contributed by atoms with Crippen LogP contribution >= 0.6 is 0 Å². The van der Waals surface area contributed by atoms with E-state index >= 15 is 0 Å². The smallest absolute Gasteiger partial charge is 0.274 e. The summed E-state index contributed by atoms with van der Waals surface area (Å²) in [4.78, 5) is 17.3. The Kier molecular flexibility index (Phi) is 5.73. The van der Waals surface area contributed by atoms with Crippen LogP contribution in [-0.2, 0) is 11.8 Å². The molecule has 2 saturated heterocycles. The molecule has 1 amide bonds. The van der Waals surface area contributed by atoms with Crippen LogP contribution in [0.25, 0.3) is 11.3 Å². The summed E-state index contributed by atoms with van der Waals surface area (Å²) in [6.45, 7) is 6.33. The Morgan fingerprint density at radius 2 is 1.82 bits per heavy atom. The summed E-state index contributed by atoms with van der Waals surface area (Å²) in [6.07, 6.45) is 2.06. The van der Waals surface area contributed by atoms with E-state index in [4.69, 9.17) is 4.74 Å². The van der Waals surface area contributed by atoms with Gasteiger partial charge in [0.25, 0.3) is 5.91 Å². The van der Waals surface area contributed by atoms with Crippen molar-refractivity contribution >= 4 is 5.91 Å². The van der Waals surface area contributed by atoms with Gasteiger partial charge in [-0.3, -0.25) is 14.4 Å². The fraction of sp³-hybridized carbons (Fsp3) is 0.524. The predicted octanol–water partition coefficient (Wildman–Crippen LogP) is 2.41. The fourth-order valence-corrected chi connectivity index (χ4v) is 4.09. The first-order valence-corrected chi connectivity index (χ1v) is 9.99. The molecule has 4 rings (SSSR count). The Bertz CT molecular complexity index is 806. The van der Waals surface area contributed by atoms with Gasteiger partial charge in [0.15, 0.2) is 5.69 Å². The number of carbonyl (C=O) groups is 1. The number of piperidine rings is 1. The number of hydrogen-bond acceptors (Lipinski definition) is 4. The lowest BCUT2D eigenvalue weighted by Crippen LogP contribution is -2.44. The Labute approximate surface area is 164 Å². The van der Waals surface area contributed by atoms with E-state index in [2.05, 4.69) is 10.00 Å². The third-order valence-corrected chi connectivity index (χ3v) is 5.76. The fourth-order valence-electron chi connectivity index (χ4n) is 4.09. The Morgan fingerprint density at radius 3 is 2.50 bits per heavy atom. The molecule has 150 valence electrons. The van der Waals surface area contributed by atoms with Gasteiger partial charge >= 0.3 is 0 Å². The quantitative estimate of drug-likeness (QED) is 0.810. The van der Waals surface area contributed by atoms with E-state index in [1.807, 2.05) is 11.9 Å². The summed E-state index contributed by atoms with van der Waals surface area (Å²) in [5.74, 6) is 0.344. The number of morpholine rings is 1. The Hall–Kier alpha value is -2.25. The van der Waals surface area contributed by atoms with E-state index in [0.29, 0.717) is 11.6 Å². The van der Waals surface area contributed by atoms with Crippen LogP contribution in [0.3, 0.4) is 0 Å². The van der Waals surface area contributed by atoms with Crippen molar-refractivity contribution in [3.8, 4) is 11.3 Å². The molecule has 2 aromatic rings. The average molecular weight is 386 g/mol. The van der Waals surface area contributed by atoms with Crippen LogP contribution in [0.4, 0.5) is 4.39 Å². The van der Waals surface area contributed by atoms with Gasteiger partial charge in [0, 0.05) is 39.8 Å². The van der Waals surface area contributed by atoms with Gasteiger partial charge in [-0.05, 0) is 54.7 Å². The number of aromatic nitrogens is 2. The molecule has 0 bridgehead atoms. The minimum absolute atomic E-state index is 0.0196. The molecule has 1 aromatic heterocycles. The minimum atomic E-state index is -0.276. The maximum absolute atomic E-state index is 13.2. The number of halogens is 1. The first-order valence-electron chi connectivity index (χ1n) is 9.99. The molecule has 0 unspecified atom stereocenters. The van der Waals surface area contributed by atoms with Gasteiger partial charge in [-0.2, -0.15) is 5.10 Å². The van der Waals surface area contributed by atoms with Crippen LogP contribution in [0, 0.1) is 11.7 Å². The Morgan fingerprint density at radius 1 is 1.14 bits per heavy atom. The average Bonchev–Trinajstić information content (AvgIpc) is 3.11. The van der Waals surface area contributed by atoms with Gasteiger partial charge in [-0.15, -0.1) is 0 Å². The summed E-state index contributed by atoms with van der Waals surface area (Å²) >= 11 is 0. The molecule has 28 heavy (non-hydrogen) atoms. The number of hydrogen-bond donors (Lipinski definition) is 0. The van der Waals surface area contributed by atoms with Gasteiger partial charge < -0.3 is 9.64 Å². The highest BCUT2D eigenvalue weighted by Crippen LogP contribution is 2.23. The second kappa shape index (κ2) is 8.41. The van der Waals surface area contributed by atoms with E-state index in [1.54, 1.807) is 22.9 Å². The zero-order valence-corrected chi connectivity index (χ0v) is 16.3. The van der Waals surface area contributed by atoms with Crippen molar-refractivity contribution in [3.05, 3.63) is 41.8 Å². The van der Waals surface area contributed by atoms with Crippen LogP contribution in [0.5, 0.6) is 0 Å². The molecule has 1 aromatic carbocycles. The van der Waals surface area contributed by atoms with Gasteiger partial charge in [0.1, 0.15) is 5.82 Å². The number of amides is 1. The van der Waals surface area contributed by atoms with Gasteiger partial charge in [0.05, 0.1) is 18.9 Å². The summed E-state index contributed by atoms with van der Waals surface area (Å²) in [7, 11) is 1.81. The molecule has 3 heterocycles. The third kappa shape index (κ3) is 4.25. The third-order valence-electron chi connectivity index (χ3n) is 5.76. The lowest BCUT2D eigenvalue weighted by atomic mass is 9.95. The monoisotopic (exact) mass is 386 g/mol. The van der Waals surface area contributed by atoms with Crippen molar-refractivity contribution in [2.24, 2.45) is 13.0 Å². The number of rotatable bonds is 4. The van der Waals surface area contributed by atoms with Crippen molar-refractivity contribution in [3.63, 3.8) is 0 Å². The normalized spacial score (nSPS) is 19.1. The largest absolute Gasteiger partial charge is 0.379 e. The maximum Gasteiger partial charge on any atom is 0.274 e. The van der Waals surface area contributed by atoms with Crippen molar-refractivity contribution < 1.29 is 13.9 Å². The van der Waals surface area contributed by atoms with Crippen molar-refractivity contribution in [1.82, 2.24) is 19.6 Å². The lowest BCUT2D eigenvalue weighted by molar-refractivity contribution is 0.0242. The first-order chi connectivity index (χ1) is 13.6. The van der Waals surface area contributed by atoms with Crippen LogP contribution in [0.1, 0.15) is 23.3 Å². The molecule has 2 aliphatic rings. The second-order valence-electron chi connectivity index (χ2n) is 7.69. The van der Waals surface area contributed by atoms with Crippen molar-refractivity contribution in [2.45, 2.75) is 12.8 Å². The van der Waals surface area contributed by atoms with E-state index in [1.165, 1.54) is 12.1 Å². The molecular weight excluding hydrogens is 359 g/mol. The van der Waals surface area contributed by atoms with E-state index in [9.17, 15) is 9.18 Å². The number of nitrogens with zero attached hydrogens (tertiary/aromatic N) is 4. The summed E-state index contributed by atoms with van der Waals surface area (Å²) in [5.41, 5.74) is 2.11. The van der Waals surface area contributed by atoms with Gasteiger partial charge in [0.2, 0.25) is 0 Å². The number of likely N-dealkylation sites (tertiary alicyclic amines) is 1. The molecule has 6 nitrogen and oxygen atoms in total. The lowest BCUT2D eigenvalue weighted by Gasteiger charge is -2.35. The number of carbonyl (C=O) groups excluding carboxylic acids is 1. The minimum Gasteiger partial charge on any atom is -0.379 e. The van der Waals surface area contributed by atoms with Crippen LogP contribution in [-0.4, -0.2) is 71.4 Å². The highest BCUT2D eigenvalue weighted by molar-refractivity contribution is 5.93. The van der Waals surface area contributed by atoms with E-state index < -0.39 is 0 Å². The number of aryl methyl sites for hydroxylation is 1. The molecule has 0 N–H and O–H groups in total. The molecule has 2 fully saturated rings. The molecular formula is C21H27FN4O2. The SMILES string of the molecule is Cn1nc(C(=O)N2CCC(CN3CCOCC3)CC2)cc1-c1ccc(F)cc1. The topological polar surface area (TPSA) is 50.6 Å². The zero-order valence-electron chi connectivity index (χ0n) is 16.3. The molecule has 2 aliphatic heterocycles. The van der Waals surface area contributed by atoms with E-state index in [-0.39, 0.29) is 11.7 Å². The number of ether oxygens (including phenoxy) is 1. The highest BCUT2D eigenvalue weighted by atomic mass is 19.1. The maximum atomic E-state index is 13.2. The molecule has 0 radical (unpaired) electrons. The summed E-state index contributed by atoms with van der Waals surface area (Å²) in [6, 6.07) is 8.05. The van der Waals surface area contributed by atoms with Gasteiger partial charge in [-0.1, -0.05) is 0 Å². The molecule has 0 aliphatic carbocycles. The predicted molar refractivity (Wildman–Crippen MR) is 104 cm³/mol. The zero-order chi connectivity index (χ0) is 19.5. The summed E-state index contributed by atoms with van der Waals surface area (Å²) in [5, 5.41) is 4.41. The van der Waals surface area contributed by atoms with Crippen molar-refractivity contribution in [1.29, 1.82) is 0 Å². The number of benzene rings is 1. The van der Waals surface area contributed by atoms with Crippen LogP contribution < -0.4 is 0 Å². The molecule has 0 atom stereocenters.